The smallest absolute Gasteiger partial charge is 0.196 e. The lowest BCUT2D eigenvalue weighted by Gasteiger charge is -2.09. The van der Waals surface area contributed by atoms with Crippen molar-refractivity contribution in [1.29, 1.82) is 0 Å². The second-order valence-electron chi connectivity index (χ2n) is 5.00. The Morgan fingerprint density at radius 3 is 2.77 bits per heavy atom. The van der Waals surface area contributed by atoms with Gasteiger partial charge in [0.25, 0.3) is 0 Å². The predicted molar refractivity (Wildman–Crippen MR) is 95.5 cm³/mol. The SMILES string of the molecule is CNc1nc2ccccc2c2c(=O)c3cc(Cl)ccc3sc12. The van der Waals surface area contributed by atoms with Gasteiger partial charge in [-0.2, -0.15) is 0 Å². The average Bonchev–Trinajstić information content (AvgIpc) is 2.54. The van der Waals surface area contributed by atoms with Crippen molar-refractivity contribution in [2.24, 2.45) is 0 Å². The zero-order chi connectivity index (χ0) is 15.3. The minimum atomic E-state index is 0.00125. The summed E-state index contributed by atoms with van der Waals surface area (Å²) in [5, 5.41) is 5.91. The molecule has 0 saturated carbocycles. The fourth-order valence-corrected chi connectivity index (χ4v) is 4.04. The molecule has 4 rings (SSSR count). The Morgan fingerprint density at radius 2 is 1.95 bits per heavy atom. The summed E-state index contributed by atoms with van der Waals surface area (Å²) in [6.07, 6.45) is 0. The van der Waals surface area contributed by atoms with Crippen LogP contribution in [0.15, 0.2) is 47.3 Å². The molecule has 2 heterocycles. The number of hydrogen-bond donors (Lipinski definition) is 1. The molecule has 0 radical (unpaired) electrons. The van der Waals surface area contributed by atoms with Crippen molar-refractivity contribution in [1.82, 2.24) is 4.98 Å². The first-order chi connectivity index (χ1) is 10.7. The lowest BCUT2D eigenvalue weighted by molar-refractivity contribution is 1.38. The highest BCUT2D eigenvalue weighted by atomic mass is 35.5. The van der Waals surface area contributed by atoms with E-state index in [1.165, 1.54) is 0 Å². The molecular weight excluding hydrogens is 316 g/mol. The van der Waals surface area contributed by atoms with Crippen LogP contribution in [-0.4, -0.2) is 12.0 Å². The number of aromatic nitrogens is 1. The largest absolute Gasteiger partial charge is 0.372 e. The molecule has 0 unspecified atom stereocenters. The number of nitrogens with zero attached hydrogens (tertiary/aromatic N) is 1. The van der Waals surface area contributed by atoms with Gasteiger partial charge in [0.1, 0.15) is 5.82 Å². The summed E-state index contributed by atoms with van der Waals surface area (Å²) in [6, 6.07) is 13.1. The normalized spacial score (nSPS) is 11.4. The van der Waals surface area contributed by atoms with E-state index < -0.39 is 0 Å². The molecule has 1 N–H and O–H groups in total. The average molecular weight is 327 g/mol. The number of hydrogen-bond acceptors (Lipinski definition) is 4. The summed E-state index contributed by atoms with van der Waals surface area (Å²) in [6.45, 7) is 0. The molecule has 0 spiro atoms. The van der Waals surface area contributed by atoms with Gasteiger partial charge in [0.15, 0.2) is 5.43 Å². The monoisotopic (exact) mass is 326 g/mol. The Kier molecular flexibility index (Phi) is 3.03. The number of rotatable bonds is 1. The second-order valence-corrected chi connectivity index (χ2v) is 6.49. The molecule has 0 amide bonds. The van der Waals surface area contributed by atoms with E-state index >= 15 is 0 Å². The third kappa shape index (κ3) is 1.88. The molecule has 0 saturated heterocycles. The Balaban J connectivity index is 2.35. The van der Waals surface area contributed by atoms with Crippen molar-refractivity contribution < 1.29 is 0 Å². The van der Waals surface area contributed by atoms with Crippen LogP contribution in [0.25, 0.3) is 31.1 Å². The van der Waals surface area contributed by atoms with Gasteiger partial charge in [-0.05, 0) is 24.3 Å². The molecule has 0 atom stereocenters. The van der Waals surface area contributed by atoms with Gasteiger partial charge < -0.3 is 5.32 Å². The van der Waals surface area contributed by atoms with Crippen molar-refractivity contribution >= 4 is 59.8 Å². The van der Waals surface area contributed by atoms with Crippen LogP contribution < -0.4 is 10.7 Å². The lowest BCUT2D eigenvalue weighted by Crippen LogP contribution is -2.04. The van der Waals surface area contributed by atoms with E-state index in [4.69, 9.17) is 11.6 Å². The van der Waals surface area contributed by atoms with Crippen LogP contribution in [-0.2, 0) is 0 Å². The van der Waals surface area contributed by atoms with Gasteiger partial charge >= 0.3 is 0 Å². The van der Waals surface area contributed by atoms with E-state index in [1.54, 1.807) is 23.5 Å². The van der Waals surface area contributed by atoms with Crippen LogP contribution in [0.5, 0.6) is 0 Å². The summed E-state index contributed by atoms with van der Waals surface area (Å²) in [7, 11) is 1.82. The van der Waals surface area contributed by atoms with Crippen molar-refractivity contribution in [3.8, 4) is 0 Å². The molecule has 3 nitrogen and oxygen atoms in total. The molecule has 4 aromatic rings. The van der Waals surface area contributed by atoms with Crippen LogP contribution in [0.1, 0.15) is 0 Å². The summed E-state index contributed by atoms with van der Waals surface area (Å²) in [5.41, 5.74) is 0.811. The van der Waals surface area contributed by atoms with E-state index in [-0.39, 0.29) is 5.43 Å². The van der Waals surface area contributed by atoms with Crippen LogP contribution >= 0.6 is 22.9 Å². The number of fused-ring (bicyclic) bond motifs is 4. The number of nitrogens with one attached hydrogen (secondary N) is 1. The van der Waals surface area contributed by atoms with Crippen molar-refractivity contribution in [3.05, 3.63) is 57.7 Å². The minimum Gasteiger partial charge on any atom is -0.372 e. The molecule has 108 valence electrons. The first-order valence-electron chi connectivity index (χ1n) is 6.81. The van der Waals surface area contributed by atoms with Crippen LogP contribution in [0, 0.1) is 0 Å². The third-order valence-electron chi connectivity index (χ3n) is 3.71. The molecule has 0 aliphatic rings. The summed E-state index contributed by atoms with van der Waals surface area (Å²) in [4.78, 5) is 17.6. The Hall–Kier alpha value is -2.17. The number of para-hydroxylation sites is 1. The van der Waals surface area contributed by atoms with Crippen molar-refractivity contribution in [2.45, 2.75) is 0 Å². The highest BCUT2D eigenvalue weighted by molar-refractivity contribution is 7.25. The standard InChI is InChI=1S/C17H11ClN2OS/c1-19-17-16-14(10-4-2-3-5-12(10)20-17)15(21)11-8-9(18)6-7-13(11)22-16/h2-8H,1H3,(H,19,20). The van der Waals surface area contributed by atoms with E-state index in [9.17, 15) is 4.79 Å². The van der Waals surface area contributed by atoms with Gasteiger partial charge in [-0.3, -0.25) is 4.79 Å². The minimum absolute atomic E-state index is 0.00125. The molecule has 0 fully saturated rings. The molecule has 5 heteroatoms. The first-order valence-corrected chi connectivity index (χ1v) is 8.01. The van der Waals surface area contributed by atoms with E-state index in [1.807, 2.05) is 37.4 Å². The maximum absolute atomic E-state index is 13.0. The van der Waals surface area contributed by atoms with Gasteiger partial charge in [-0.25, -0.2) is 4.98 Å². The van der Waals surface area contributed by atoms with Gasteiger partial charge in [-0.15, -0.1) is 11.3 Å². The second kappa shape index (κ2) is 4.93. The maximum Gasteiger partial charge on any atom is 0.196 e. The Labute approximate surface area is 135 Å². The van der Waals surface area contributed by atoms with Crippen LogP contribution in [0.2, 0.25) is 5.02 Å². The quantitative estimate of drug-likeness (QED) is 0.408. The molecule has 0 aliphatic carbocycles. The topological polar surface area (TPSA) is 42.0 Å². The zero-order valence-electron chi connectivity index (χ0n) is 11.7. The number of anilines is 1. The lowest BCUT2D eigenvalue weighted by atomic mass is 10.1. The summed E-state index contributed by atoms with van der Waals surface area (Å²) in [5.74, 6) is 0.729. The fraction of sp³-hybridized carbons (Fsp3) is 0.0588. The molecule has 0 bridgehead atoms. The van der Waals surface area contributed by atoms with Gasteiger partial charge in [-0.1, -0.05) is 29.8 Å². The molecule has 22 heavy (non-hydrogen) atoms. The summed E-state index contributed by atoms with van der Waals surface area (Å²) < 4.78 is 1.79. The van der Waals surface area contributed by atoms with Gasteiger partial charge in [0.05, 0.1) is 15.6 Å². The fourth-order valence-electron chi connectivity index (χ4n) is 2.70. The number of halogens is 1. The van der Waals surface area contributed by atoms with E-state index in [0.717, 1.165) is 26.1 Å². The number of benzene rings is 2. The molecule has 2 aromatic carbocycles. The zero-order valence-corrected chi connectivity index (χ0v) is 13.3. The molecule has 2 aromatic heterocycles. The Morgan fingerprint density at radius 1 is 1.14 bits per heavy atom. The van der Waals surface area contributed by atoms with Crippen molar-refractivity contribution in [3.63, 3.8) is 0 Å². The van der Waals surface area contributed by atoms with Gasteiger partial charge in [0, 0.05) is 27.5 Å². The Bertz CT molecular complexity index is 1100. The van der Waals surface area contributed by atoms with E-state index in [0.29, 0.717) is 15.8 Å². The van der Waals surface area contributed by atoms with Crippen LogP contribution in [0.3, 0.4) is 0 Å². The highest BCUT2D eigenvalue weighted by Gasteiger charge is 2.14. The first kappa shape index (κ1) is 13.5. The predicted octanol–water partition coefficient (Wildman–Crippen LogP) is 4.66. The van der Waals surface area contributed by atoms with Gasteiger partial charge in [0.2, 0.25) is 0 Å². The number of pyridine rings is 1. The highest BCUT2D eigenvalue weighted by Crippen LogP contribution is 2.34. The summed E-state index contributed by atoms with van der Waals surface area (Å²) >= 11 is 7.62. The molecular formula is C17H11ClN2OS. The van der Waals surface area contributed by atoms with Crippen LogP contribution in [0.4, 0.5) is 5.82 Å². The van der Waals surface area contributed by atoms with E-state index in [2.05, 4.69) is 10.3 Å². The molecule has 0 aliphatic heterocycles. The maximum atomic E-state index is 13.0. The third-order valence-corrected chi connectivity index (χ3v) is 5.12. The van der Waals surface area contributed by atoms with Crippen molar-refractivity contribution in [2.75, 3.05) is 12.4 Å².